The summed E-state index contributed by atoms with van der Waals surface area (Å²) in [6.07, 6.45) is -0.876. The predicted molar refractivity (Wildman–Crippen MR) is 103 cm³/mol. The summed E-state index contributed by atoms with van der Waals surface area (Å²) >= 11 is 0. The van der Waals surface area contributed by atoms with E-state index in [1.165, 1.54) is 0 Å². The van der Waals surface area contributed by atoms with Crippen LogP contribution >= 0.6 is 0 Å². The highest BCUT2D eigenvalue weighted by Crippen LogP contribution is 2.36. The van der Waals surface area contributed by atoms with Crippen molar-refractivity contribution >= 4 is 20.1 Å². The molecule has 0 spiro atoms. The summed E-state index contributed by atoms with van der Waals surface area (Å²) < 4.78 is 6.10. The van der Waals surface area contributed by atoms with Crippen LogP contribution in [0.4, 0.5) is 0 Å². The third-order valence-corrected chi connectivity index (χ3v) is 8.85. The van der Waals surface area contributed by atoms with Crippen LogP contribution in [0.3, 0.4) is 0 Å². The summed E-state index contributed by atoms with van der Waals surface area (Å²) in [6, 6.07) is 0. The first-order chi connectivity index (χ1) is 11.1. The number of carbonyl (C=O) groups excluding carboxylic acids is 2. The van der Waals surface area contributed by atoms with E-state index in [-0.39, 0.29) is 23.5 Å². The maximum Gasteiger partial charge on any atom is 0.254 e. The first-order valence-electron chi connectivity index (χ1n) is 8.95. The predicted octanol–water partition coefficient (Wildman–Crippen LogP) is 3.24. The van der Waals surface area contributed by atoms with Gasteiger partial charge in [0.25, 0.3) is 5.91 Å². The van der Waals surface area contributed by atoms with E-state index >= 15 is 0 Å². The van der Waals surface area contributed by atoms with E-state index in [1.807, 2.05) is 13.8 Å². The number of hydrogen-bond acceptors (Lipinski definition) is 4. The molecule has 0 aromatic heterocycles. The van der Waals surface area contributed by atoms with Crippen LogP contribution < -0.4 is 10.8 Å². The summed E-state index contributed by atoms with van der Waals surface area (Å²) in [5.41, 5.74) is 1.80. The van der Waals surface area contributed by atoms with Gasteiger partial charge in [0.05, 0.1) is 6.61 Å². The third-order valence-electron chi connectivity index (χ3n) is 4.35. The molecule has 0 aliphatic heterocycles. The second-order valence-corrected chi connectivity index (χ2v) is 14.3. The van der Waals surface area contributed by atoms with Crippen molar-refractivity contribution in [1.82, 2.24) is 10.8 Å². The van der Waals surface area contributed by atoms with E-state index in [4.69, 9.17) is 9.26 Å². The zero-order valence-corrected chi connectivity index (χ0v) is 18.7. The SMILES string of the molecule is CC(C)CNC(=O)[C@@H](CO[Si](C)(C)C(C)(C)C)ONC(=O)C(C)(C)C. The first kappa shape index (κ1) is 24.1. The molecule has 0 rings (SSSR count). The molecule has 0 unspecified atom stereocenters. The summed E-state index contributed by atoms with van der Waals surface area (Å²) in [5, 5.41) is 2.87. The molecule has 0 saturated carbocycles. The van der Waals surface area contributed by atoms with Gasteiger partial charge in [-0.3, -0.25) is 14.4 Å². The minimum absolute atomic E-state index is 0.0284. The molecule has 148 valence electrons. The Kier molecular flexibility index (Phi) is 8.80. The van der Waals surface area contributed by atoms with E-state index in [0.717, 1.165) is 0 Å². The van der Waals surface area contributed by atoms with Crippen LogP contribution in [0.2, 0.25) is 18.1 Å². The molecule has 2 amide bonds. The fourth-order valence-corrected chi connectivity index (χ4v) is 2.36. The molecule has 0 heterocycles. The van der Waals surface area contributed by atoms with Crippen LogP contribution in [-0.4, -0.2) is 39.4 Å². The lowest BCUT2D eigenvalue weighted by Gasteiger charge is -2.37. The van der Waals surface area contributed by atoms with Crippen LogP contribution in [0.1, 0.15) is 55.4 Å². The molecule has 0 aromatic rings. The zero-order chi connectivity index (χ0) is 20.1. The highest BCUT2D eigenvalue weighted by molar-refractivity contribution is 6.74. The molecular weight excluding hydrogens is 336 g/mol. The Bertz CT molecular complexity index is 451. The molecule has 0 aliphatic rings. The van der Waals surface area contributed by atoms with Crippen molar-refractivity contribution in [2.75, 3.05) is 13.2 Å². The lowest BCUT2D eigenvalue weighted by Crippen LogP contribution is -2.49. The quantitative estimate of drug-likeness (QED) is 0.505. The Morgan fingerprint density at radius 1 is 1.04 bits per heavy atom. The Balaban J connectivity index is 4.95. The van der Waals surface area contributed by atoms with E-state index in [0.29, 0.717) is 12.5 Å². The number of carbonyl (C=O) groups is 2. The summed E-state index contributed by atoms with van der Waals surface area (Å²) in [7, 11) is -2.02. The molecule has 0 fully saturated rings. The maximum atomic E-state index is 12.4. The van der Waals surface area contributed by atoms with Gasteiger partial charge in [0.15, 0.2) is 14.4 Å². The smallest absolute Gasteiger partial charge is 0.254 e. The fraction of sp³-hybridized carbons (Fsp3) is 0.889. The van der Waals surface area contributed by atoms with Gasteiger partial charge in [0, 0.05) is 12.0 Å². The van der Waals surface area contributed by atoms with Crippen molar-refractivity contribution in [3.8, 4) is 0 Å². The second kappa shape index (κ2) is 9.14. The lowest BCUT2D eigenvalue weighted by atomic mass is 9.96. The van der Waals surface area contributed by atoms with Crippen molar-refractivity contribution in [3.63, 3.8) is 0 Å². The molecule has 1 atom stereocenters. The van der Waals surface area contributed by atoms with Crippen LogP contribution in [0, 0.1) is 11.3 Å². The largest absolute Gasteiger partial charge is 0.414 e. The Morgan fingerprint density at radius 2 is 1.56 bits per heavy atom. The minimum atomic E-state index is -2.02. The fourth-order valence-electron chi connectivity index (χ4n) is 1.36. The minimum Gasteiger partial charge on any atom is -0.414 e. The standard InChI is InChI=1S/C18H38N2O4Si/c1-13(2)11-19-15(21)14(24-20-16(22)17(3,4)5)12-23-25(9,10)18(6,7)8/h13-14H,11-12H2,1-10H3,(H,19,21)(H,20,22)/t14-/m1/s1. The first-order valence-corrected chi connectivity index (χ1v) is 11.9. The lowest BCUT2D eigenvalue weighted by molar-refractivity contribution is -0.156. The summed E-state index contributed by atoms with van der Waals surface area (Å²) in [6.45, 7) is 20.7. The number of nitrogens with one attached hydrogen (secondary N) is 2. The van der Waals surface area contributed by atoms with Crippen LogP contribution in [0.15, 0.2) is 0 Å². The number of amides is 2. The van der Waals surface area contributed by atoms with Gasteiger partial charge in [0.1, 0.15) is 0 Å². The molecule has 7 heteroatoms. The Labute approximate surface area is 154 Å². The van der Waals surface area contributed by atoms with E-state index in [9.17, 15) is 9.59 Å². The number of hydrogen-bond donors (Lipinski definition) is 2. The van der Waals surface area contributed by atoms with Gasteiger partial charge in [-0.05, 0) is 24.1 Å². The highest BCUT2D eigenvalue weighted by atomic mass is 28.4. The van der Waals surface area contributed by atoms with Gasteiger partial charge < -0.3 is 9.74 Å². The van der Waals surface area contributed by atoms with Crippen LogP contribution in [0.5, 0.6) is 0 Å². The van der Waals surface area contributed by atoms with Gasteiger partial charge in [-0.1, -0.05) is 55.4 Å². The zero-order valence-electron chi connectivity index (χ0n) is 17.7. The molecule has 0 aromatic carbocycles. The van der Waals surface area contributed by atoms with E-state index in [1.54, 1.807) is 20.8 Å². The average Bonchev–Trinajstić information content (AvgIpc) is 2.42. The molecule has 25 heavy (non-hydrogen) atoms. The highest BCUT2D eigenvalue weighted by Gasteiger charge is 2.38. The average molecular weight is 375 g/mol. The van der Waals surface area contributed by atoms with Crippen molar-refractivity contribution in [2.45, 2.75) is 79.6 Å². The van der Waals surface area contributed by atoms with E-state index in [2.05, 4.69) is 44.7 Å². The second-order valence-electron chi connectivity index (χ2n) is 9.50. The molecular formula is C18H38N2O4Si. The van der Waals surface area contributed by atoms with Gasteiger partial charge in [-0.15, -0.1) is 0 Å². The number of rotatable bonds is 8. The molecule has 0 radical (unpaired) electrons. The molecule has 0 saturated heterocycles. The normalized spacial score (nSPS) is 14.4. The summed E-state index contributed by atoms with van der Waals surface area (Å²) in [5.74, 6) is -0.224. The monoisotopic (exact) mass is 374 g/mol. The van der Waals surface area contributed by atoms with Crippen molar-refractivity contribution in [1.29, 1.82) is 0 Å². The van der Waals surface area contributed by atoms with E-state index < -0.39 is 19.8 Å². The van der Waals surface area contributed by atoms with Crippen molar-refractivity contribution in [2.24, 2.45) is 11.3 Å². The molecule has 0 bridgehead atoms. The third kappa shape index (κ3) is 8.83. The van der Waals surface area contributed by atoms with Crippen molar-refractivity contribution in [3.05, 3.63) is 0 Å². The van der Waals surface area contributed by atoms with Crippen LogP contribution in [0.25, 0.3) is 0 Å². The number of hydroxylamine groups is 1. The van der Waals surface area contributed by atoms with Gasteiger partial charge in [-0.2, -0.15) is 0 Å². The summed E-state index contributed by atoms with van der Waals surface area (Å²) in [4.78, 5) is 29.9. The van der Waals surface area contributed by atoms with Crippen molar-refractivity contribution < 1.29 is 18.9 Å². The van der Waals surface area contributed by atoms with Gasteiger partial charge >= 0.3 is 0 Å². The maximum absolute atomic E-state index is 12.4. The molecule has 0 aliphatic carbocycles. The topological polar surface area (TPSA) is 76.7 Å². The molecule has 6 nitrogen and oxygen atoms in total. The Hall–Kier alpha value is -0.923. The Morgan fingerprint density at radius 3 is 1.96 bits per heavy atom. The molecule has 2 N–H and O–H groups in total. The van der Waals surface area contributed by atoms with Crippen LogP contribution in [-0.2, 0) is 18.9 Å². The van der Waals surface area contributed by atoms with Gasteiger partial charge in [0.2, 0.25) is 5.91 Å². The van der Waals surface area contributed by atoms with Gasteiger partial charge in [-0.25, -0.2) is 5.48 Å².